The molecule has 0 aliphatic carbocycles. The van der Waals surface area contributed by atoms with Gasteiger partial charge in [-0.05, 0) is 68.5 Å². The normalized spacial score (nSPS) is 19.7. The van der Waals surface area contributed by atoms with Crippen LogP contribution >= 0.6 is 15.9 Å². The summed E-state index contributed by atoms with van der Waals surface area (Å²) in [5.41, 5.74) is 3.63. The average Bonchev–Trinajstić information content (AvgIpc) is 3.23. The van der Waals surface area contributed by atoms with Gasteiger partial charge in [0.1, 0.15) is 11.4 Å². The molecule has 1 amide bonds. The third-order valence-corrected chi connectivity index (χ3v) is 5.66. The molecule has 0 saturated carbocycles. The van der Waals surface area contributed by atoms with Crippen molar-refractivity contribution in [1.29, 1.82) is 0 Å². The maximum absolute atomic E-state index is 12.7. The van der Waals surface area contributed by atoms with Crippen LogP contribution in [0.3, 0.4) is 0 Å². The number of fused-ring (bicyclic) bond motifs is 1. The number of nitrogens with one attached hydrogen (secondary N) is 1. The van der Waals surface area contributed by atoms with Gasteiger partial charge in [-0.15, -0.1) is 0 Å². The molecule has 3 aromatic rings. The zero-order chi connectivity index (χ0) is 20.8. The van der Waals surface area contributed by atoms with Gasteiger partial charge in [0.2, 0.25) is 0 Å². The first-order chi connectivity index (χ1) is 13.7. The van der Waals surface area contributed by atoms with Crippen molar-refractivity contribution in [2.75, 3.05) is 6.54 Å². The van der Waals surface area contributed by atoms with Crippen LogP contribution in [0.5, 0.6) is 0 Å². The molecule has 1 fully saturated rings. The summed E-state index contributed by atoms with van der Waals surface area (Å²) < 4.78 is 6.68. The Kier molecular flexibility index (Phi) is 5.15. The molecule has 6 heteroatoms. The molecular weight excluding hydrogens is 430 g/mol. The van der Waals surface area contributed by atoms with Gasteiger partial charge in [-0.1, -0.05) is 41.1 Å². The fourth-order valence-electron chi connectivity index (χ4n) is 3.83. The van der Waals surface area contributed by atoms with Gasteiger partial charge in [-0.25, -0.2) is 9.78 Å². The van der Waals surface area contributed by atoms with Crippen molar-refractivity contribution in [2.45, 2.75) is 45.8 Å². The van der Waals surface area contributed by atoms with Crippen molar-refractivity contribution in [3.05, 3.63) is 52.8 Å². The Hall–Kier alpha value is -2.34. The Bertz CT molecular complexity index is 1040. The Balaban J connectivity index is 1.64. The predicted molar refractivity (Wildman–Crippen MR) is 119 cm³/mol. The van der Waals surface area contributed by atoms with E-state index in [1.54, 1.807) is 0 Å². The first-order valence-corrected chi connectivity index (χ1v) is 10.7. The number of nitrogens with zero attached hydrogens (tertiary/aromatic N) is 2. The van der Waals surface area contributed by atoms with Crippen LogP contribution in [0.25, 0.3) is 22.2 Å². The standard InChI is InChI=1S/C23H26BrN3O2/c1-14-11-20(27(13-14)22(28)29-23(2,3)4)21-25-18-10-7-16(12-19(18)26-21)15-5-8-17(24)9-6-15/h5-10,12,14,20H,11,13H2,1-4H3,(H,25,26)/t14-,20-/m0/s1. The lowest BCUT2D eigenvalue weighted by molar-refractivity contribution is 0.0215. The molecule has 1 N–H and O–H groups in total. The summed E-state index contributed by atoms with van der Waals surface area (Å²) in [7, 11) is 0. The van der Waals surface area contributed by atoms with Gasteiger partial charge in [0, 0.05) is 11.0 Å². The number of benzene rings is 2. The number of hydrogen-bond acceptors (Lipinski definition) is 3. The lowest BCUT2D eigenvalue weighted by Gasteiger charge is -2.27. The smallest absolute Gasteiger partial charge is 0.410 e. The van der Waals surface area contributed by atoms with Crippen molar-refractivity contribution in [2.24, 2.45) is 5.92 Å². The van der Waals surface area contributed by atoms with Gasteiger partial charge in [0.15, 0.2) is 0 Å². The molecule has 0 bridgehead atoms. The minimum atomic E-state index is -0.513. The van der Waals surface area contributed by atoms with Crippen LogP contribution < -0.4 is 0 Å². The number of amides is 1. The molecular formula is C23H26BrN3O2. The molecule has 2 atom stereocenters. The van der Waals surface area contributed by atoms with Crippen LogP contribution in [0.2, 0.25) is 0 Å². The van der Waals surface area contributed by atoms with Gasteiger partial charge in [-0.3, -0.25) is 4.90 Å². The molecule has 1 aliphatic heterocycles. The van der Waals surface area contributed by atoms with Crippen LogP contribution in [-0.4, -0.2) is 33.1 Å². The molecule has 5 nitrogen and oxygen atoms in total. The molecule has 4 rings (SSSR count). The number of halogens is 1. The molecule has 0 spiro atoms. The number of imidazole rings is 1. The number of hydrogen-bond donors (Lipinski definition) is 1. The Morgan fingerprint density at radius 3 is 2.55 bits per heavy atom. The summed E-state index contributed by atoms with van der Waals surface area (Å²) >= 11 is 3.48. The summed E-state index contributed by atoms with van der Waals surface area (Å²) in [5.74, 6) is 1.22. The molecule has 0 unspecified atom stereocenters. The van der Waals surface area contributed by atoms with Crippen molar-refractivity contribution < 1.29 is 9.53 Å². The largest absolute Gasteiger partial charge is 0.444 e. The second-order valence-corrected chi connectivity index (χ2v) is 9.77. The Morgan fingerprint density at radius 1 is 1.17 bits per heavy atom. The molecule has 0 radical (unpaired) electrons. The summed E-state index contributed by atoms with van der Waals surface area (Å²) in [6.07, 6.45) is 0.599. The van der Waals surface area contributed by atoms with Crippen LogP contribution in [-0.2, 0) is 4.74 Å². The zero-order valence-electron chi connectivity index (χ0n) is 17.2. The van der Waals surface area contributed by atoms with Gasteiger partial charge in [-0.2, -0.15) is 0 Å². The number of ether oxygens (including phenoxy) is 1. The molecule has 2 aromatic carbocycles. The molecule has 1 aromatic heterocycles. The molecule has 1 aliphatic rings. The number of aromatic amines is 1. The van der Waals surface area contributed by atoms with Gasteiger partial charge in [0.25, 0.3) is 0 Å². The van der Waals surface area contributed by atoms with E-state index >= 15 is 0 Å². The third kappa shape index (κ3) is 4.32. The summed E-state index contributed by atoms with van der Waals surface area (Å²) in [6, 6.07) is 14.4. The summed E-state index contributed by atoms with van der Waals surface area (Å²) in [5, 5.41) is 0. The highest BCUT2D eigenvalue weighted by Gasteiger charge is 2.38. The van der Waals surface area contributed by atoms with E-state index in [2.05, 4.69) is 58.2 Å². The van der Waals surface area contributed by atoms with E-state index in [-0.39, 0.29) is 12.1 Å². The topological polar surface area (TPSA) is 58.2 Å². The lowest BCUT2D eigenvalue weighted by Crippen LogP contribution is -2.37. The average molecular weight is 456 g/mol. The number of carbonyl (C=O) groups is 1. The van der Waals surface area contributed by atoms with Crippen LogP contribution in [0.4, 0.5) is 4.79 Å². The highest BCUT2D eigenvalue weighted by molar-refractivity contribution is 9.10. The summed E-state index contributed by atoms with van der Waals surface area (Å²) in [4.78, 5) is 22.8. The fourth-order valence-corrected chi connectivity index (χ4v) is 4.10. The molecule has 1 saturated heterocycles. The van der Waals surface area contributed by atoms with Crippen molar-refractivity contribution >= 4 is 33.1 Å². The van der Waals surface area contributed by atoms with Gasteiger partial charge >= 0.3 is 6.09 Å². The van der Waals surface area contributed by atoms with Crippen LogP contribution in [0.1, 0.15) is 46.0 Å². The quantitative estimate of drug-likeness (QED) is 0.492. The van der Waals surface area contributed by atoms with E-state index in [0.29, 0.717) is 12.5 Å². The van der Waals surface area contributed by atoms with Gasteiger partial charge in [0.05, 0.1) is 17.1 Å². The number of rotatable bonds is 2. The molecule has 152 valence electrons. The Morgan fingerprint density at radius 2 is 1.86 bits per heavy atom. The maximum atomic E-state index is 12.7. The predicted octanol–water partition coefficient (Wildman–Crippen LogP) is 6.31. The molecule has 2 heterocycles. The zero-order valence-corrected chi connectivity index (χ0v) is 18.8. The minimum absolute atomic E-state index is 0.0941. The maximum Gasteiger partial charge on any atom is 0.410 e. The molecule has 29 heavy (non-hydrogen) atoms. The number of carbonyl (C=O) groups excluding carboxylic acids is 1. The van der Waals surface area contributed by atoms with E-state index in [4.69, 9.17) is 9.72 Å². The number of aromatic nitrogens is 2. The Labute approximate surface area is 179 Å². The number of H-pyrrole nitrogens is 1. The van der Waals surface area contributed by atoms with Crippen molar-refractivity contribution in [3.63, 3.8) is 0 Å². The lowest BCUT2D eigenvalue weighted by atomic mass is 10.1. The minimum Gasteiger partial charge on any atom is -0.444 e. The second-order valence-electron chi connectivity index (χ2n) is 8.85. The second kappa shape index (κ2) is 7.48. The number of likely N-dealkylation sites (tertiary alicyclic amines) is 1. The van der Waals surface area contributed by atoms with E-state index in [0.717, 1.165) is 38.9 Å². The van der Waals surface area contributed by atoms with Crippen LogP contribution in [0, 0.1) is 5.92 Å². The third-order valence-electron chi connectivity index (χ3n) is 5.13. The van der Waals surface area contributed by atoms with E-state index in [1.807, 2.05) is 37.8 Å². The van der Waals surface area contributed by atoms with Crippen LogP contribution in [0.15, 0.2) is 46.9 Å². The SMILES string of the molecule is C[C@H]1C[C@@H](c2nc3cc(-c4ccc(Br)cc4)ccc3[nH]2)N(C(=O)OC(C)(C)C)C1. The first kappa shape index (κ1) is 20.0. The summed E-state index contributed by atoms with van der Waals surface area (Å²) in [6.45, 7) is 8.52. The van der Waals surface area contributed by atoms with E-state index in [1.165, 1.54) is 0 Å². The van der Waals surface area contributed by atoms with Crippen molar-refractivity contribution in [1.82, 2.24) is 14.9 Å². The van der Waals surface area contributed by atoms with E-state index in [9.17, 15) is 4.79 Å². The van der Waals surface area contributed by atoms with E-state index < -0.39 is 5.60 Å². The monoisotopic (exact) mass is 455 g/mol. The highest BCUT2D eigenvalue weighted by atomic mass is 79.9. The highest BCUT2D eigenvalue weighted by Crippen LogP contribution is 2.36. The first-order valence-electron chi connectivity index (χ1n) is 9.95. The fraction of sp³-hybridized carbons (Fsp3) is 0.391. The van der Waals surface area contributed by atoms with Gasteiger partial charge < -0.3 is 9.72 Å². The van der Waals surface area contributed by atoms with Crippen molar-refractivity contribution in [3.8, 4) is 11.1 Å².